The number of rotatable bonds is 4. The summed E-state index contributed by atoms with van der Waals surface area (Å²) in [5.74, 6) is -1.93. The van der Waals surface area contributed by atoms with E-state index in [1.807, 2.05) is 0 Å². The van der Waals surface area contributed by atoms with Crippen LogP contribution in [0.1, 0.15) is 20.7 Å². The Morgan fingerprint density at radius 3 is 2.11 bits per heavy atom. The molecule has 0 amide bonds. The van der Waals surface area contributed by atoms with Gasteiger partial charge >= 0.3 is 11.9 Å². The molecule has 1 aromatic heterocycles. The van der Waals surface area contributed by atoms with Gasteiger partial charge in [0, 0.05) is 6.20 Å². The average Bonchev–Trinajstić information content (AvgIpc) is 2.39. The maximum absolute atomic E-state index is 10.9. The van der Waals surface area contributed by atoms with Gasteiger partial charge in [0.05, 0.1) is 17.3 Å². The van der Waals surface area contributed by atoms with Crippen molar-refractivity contribution in [1.82, 2.24) is 4.98 Å². The molecule has 2 rings (SSSR count). The van der Waals surface area contributed by atoms with E-state index in [0.29, 0.717) is 5.75 Å². The maximum atomic E-state index is 10.9. The Labute approximate surface area is 107 Å². The van der Waals surface area contributed by atoms with Crippen molar-refractivity contribution in [2.75, 3.05) is 0 Å². The summed E-state index contributed by atoms with van der Waals surface area (Å²) in [5, 5.41) is 17.8. The molecular weight excluding hydrogens is 250 g/mol. The molecule has 2 N–H and O–H groups in total. The number of aromatic carboxylic acids is 2. The van der Waals surface area contributed by atoms with Gasteiger partial charge in [-0.2, -0.15) is 0 Å². The van der Waals surface area contributed by atoms with Gasteiger partial charge in [-0.05, 0) is 30.3 Å². The Bertz CT molecular complexity index is 592. The van der Waals surface area contributed by atoms with Crippen molar-refractivity contribution in [1.29, 1.82) is 0 Å². The molecule has 0 aliphatic rings. The van der Waals surface area contributed by atoms with Crippen molar-refractivity contribution < 1.29 is 24.5 Å². The van der Waals surface area contributed by atoms with Crippen molar-refractivity contribution >= 4 is 11.9 Å². The molecule has 0 aliphatic carbocycles. The summed E-state index contributed by atoms with van der Waals surface area (Å²) in [5.41, 5.74) is -0.308. The molecule has 1 aromatic carbocycles. The quantitative estimate of drug-likeness (QED) is 0.874. The average molecular weight is 259 g/mol. The number of carboxylic acids is 2. The predicted octanol–water partition coefficient (Wildman–Crippen LogP) is 2.27. The number of benzene rings is 1. The number of carboxylic acid groups (broad SMARTS) is 2. The van der Waals surface area contributed by atoms with E-state index in [0.717, 1.165) is 6.07 Å². The third-order valence-electron chi connectivity index (χ3n) is 2.27. The standard InChI is InChI=1S/C13H9NO5/c15-12(16)8-4-9(13(17)18)6-11(5-8)19-10-2-1-3-14-7-10/h1-7H,(H,15,16)(H,17,18). The highest BCUT2D eigenvalue weighted by molar-refractivity contribution is 5.94. The first-order chi connectivity index (χ1) is 9.06. The number of ether oxygens (including phenoxy) is 1. The topological polar surface area (TPSA) is 96.7 Å². The van der Waals surface area contributed by atoms with Crippen LogP contribution in [0.15, 0.2) is 42.7 Å². The fourth-order valence-electron chi connectivity index (χ4n) is 1.45. The van der Waals surface area contributed by atoms with Gasteiger partial charge in [0.2, 0.25) is 0 Å². The Balaban J connectivity index is 2.39. The van der Waals surface area contributed by atoms with Crippen molar-refractivity contribution in [3.8, 4) is 11.5 Å². The molecule has 0 bridgehead atoms. The molecule has 0 spiro atoms. The summed E-state index contributed by atoms with van der Waals surface area (Å²) in [6.07, 6.45) is 3.00. The van der Waals surface area contributed by atoms with Crippen LogP contribution >= 0.6 is 0 Å². The fraction of sp³-hybridized carbons (Fsp3) is 0. The zero-order valence-electron chi connectivity index (χ0n) is 9.61. The second-order valence-electron chi connectivity index (χ2n) is 3.65. The third-order valence-corrected chi connectivity index (χ3v) is 2.27. The van der Waals surface area contributed by atoms with Gasteiger partial charge in [0.15, 0.2) is 0 Å². The van der Waals surface area contributed by atoms with Crippen LogP contribution in [0.5, 0.6) is 11.5 Å². The molecule has 0 fully saturated rings. The van der Waals surface area contributed by atoms with Crippen LogP contribution in [0.2, 0.25) is 0 Å². The molecule has 6 nitrogen and oxygen atoms in total. The molecule has 0 atom stereocenters. The molecule has 96 valence electrons. The van der Waals surface area contributed by atoms with Crippen LogP contribution in [0.25, 0.3) is 0 Å². The van der Waals surface area contributed by atoms with Gasteiger partial charge < -0.3 is 14.9 Å². The number of hydrogen-bond donors (Lipinski definition) is 2. The molecule has 0 saturated carbocycles. The second kappa shape index (κ2) is 5.18. The number of hydrogen-bond acceptors (Lipinski definition) is 4. The lowest BCUT2D eigenvalue weighted by molar-refractivity contribution is 0.0696. The minimum Gasteiger partial charge on any atom is -0.478 e. The van der Waals surface area contributed by atoms with E-state index in [1.54, 1.807) is 18.3 Å². The van der Waals surface area contributed by atoms with E-state index < -0.39 is 11.9 Å². The van der Waals surface area contributed by atoms with E-state index in [-0.39, 0.29) is 16.9 Å². The highest BCUT2D eigenvalue weighted by Gasteiger charge is 2.12. The first-order valence-corrected chi connectivity index (χ1v) is 5.26. The van der Waals surface area contributed by atoms with Crippen LogP contribution < -0.4 is 4.74 Å². The first kappa shape index (κ1) is 12.6. The largest absolute Gasteiger partial charge is 0.478 e. The zero-order valence-corrected chi connectivity index (χ0v) is 9.61. The van der Waals surface area contributed by atoms with E-state index in [4.69, 9.17) is 14.9 Å². The van der Waals surface area contributed by atoms with Crippen molar-refractivity contribution in [3.05, 3.63) is 53.9 Å². The minimum absolute atomic E-state index is 0.130. The SMILES string of the molecule is O=C(O)c1cc(Oc2cccnc2)cc(C(=O)O)c1. The number of nitrogens with zero attached hydrogens (tertiary/aromatic N) is 1. The van der Waals surface area contributed by atoms with Crippen LogP contribution in [-0.4, -0.2) is 27.1 Å². The Hall–Kier alpha value is -2.89. The Morgan fingerprint density at radius 1 is 1.00 bits per heavy atom. The van der Waals surface area contributed by atoms with Crippen LogP contribution in [0, 0.1) is 0 Å². The Morgan fingerprint density at radius 2 is 1.63 bits per heavy atom. The Kier molecular flexibility index (Phi) is 3.42. The molecule has 19 heavy (non-hydrogen) atoms. The monoisotopic (exact) mass is 259 g/mol. The lowest BCUT2D eigenvalue weighted by atomic mass is 10.1. The summed E-state index contributed by atoms with van der Waals surface area (Å²) in [7, 11) is 0. The van der Waals surface area contributed by atoms with Crippen LogP contribution in [-0.2, 0) is 0 Å². The van der Waals surface area contributed by atoms with Gasteiger partial charge in [0.25, 0.3) is 0 Å². The first-order valence-electron chi connectivity index (χ1n) is 5.26. The number of carbonyl (C=O) groups is 2. The van der Waals surface area contributed by atoms with Crippen LogP contribution in [0.4, 0.5) is 0 Å². The highest BCUT2D eigenvalue weighted by Crippen LogP contribution is 2.23. The van der Waals surface area contributed by atoms with E-state index in [1.165, 1.54) is 18.3 Å². The van der Waals surface area contributed by atoms with E-state index in [9.17, 15) is 9.59 Å². The lowest BCUT2D eigenvalue weighted by Gasteiger charge is -2.07. The second-order valence-corrected chi connectivity index (χ2v) is 3.65. The summed E-state index contributed by atoms with van der Waals surface area (Å²) in [4.78, 5) is 25.7. The van der Waals surface area contributed by atoms with Gasteiger partial charge in [-0.1, -0.05) is 0 Å². The van der Waals surface area contributed by atoms with Crippen LogP contribution in [0.3, 0.4) is 0 Å². The molecule has 2 aromatic rings. The molecule has 1 heterocycles. The highest BCUT2D eigenvalue weighted by atomic mass is 16.5. The molecule has 0 radical (unpaired) electrons. The molecule has 0 aliphatic heterocycles. The van der Waals surface area contributed by atoms with Gasteiger partial charge in [-0.25, -0.2) is 9.59 Å². The summed E-state index contributed by atoms with van der Waals surface area (Å²) in [6.45, 7) is 0. The van der Waals surface area contributed by atoms with Crippen molar-refractivity contribution in [3.63, 3.8) is 0 Å². The van der Waals surface area contributed by atoms with E-state index in [2.05, 4.69) is 4.98 Å². The van der Waals surface area contributed by atoms with E-state index >= 15 is 0 Å². The zero-order chi connectivity index (χ0) is 13.8. The van der Waals surface area contributed by atoms with Gasteiger partial charge in [-0.15, -0.1) is 0 Å². The predicted molar refractivity (Wildman–Crippen MR) is 64.7 cm³/mol. The van der Waals surface area contributed by atoms with Gasteiger partial charge in [0.1, 0.15) is 11.5 Å². The molecular formula is C13H9NO5. The third kappa shape index (κ3) is 3.06. The summed E-state index contributed by atoms with van der Waals surface area (Å²) < 4.78 is 5.37. The lowest BCUT2D eigenvalue weighted by Crippen LogP contribution is -2.03. The normalized spacial score (nSPS) is 9.89. The number of aromatic nitrogens is 1. The van der Waals surface area contributed by atoms with Crippen molar-refractivity contribution in [2.45, 2.75) is 0 Å². The molecule has 0 saturated heterocycles. The summed E-state index contributed by atoms with van der Waals surface area (Å²) in [6, 6.07) is 6.85. The molecule has 0 unspecified atom stereocenters. The maximum Gasteiger partial charge on any atom is 0.335 e. The molecule has 6 heteroatoms. The smallest absolute Gasteiger partial charge is 0.335 e. The fourth-order valence-corrected chi connectivity index (χ4v) is 1.45. The van der Waals surface area contributed by atoms with Gasteiger partial charge in [-0.3, -0.25) is 4.98 Å². The summed E-state index contributed by atoms with van der Waals surface area (Å²) >= 11 is 0. The number of pyridine rings is 1. The minimum atomic E-state index is -1.22. The van der Waals surface area contributed by atoms with Crippen molar-refractivity contribution in [2.24, 2.45) is 0 Å².